The van der Waals surface area contributed by atoms with Crippen LogP contribution < -0.4 is 5.32 Å². The molecule has 0 aromatic carbocycles. The SMILES string of the molecule is CCC1(C(NC)c2ccc(Br)s2)CCCC1. The highest BCUT2D eigenvalue weighted by Crippen LogP contribution is 2.51. The molecule has 0 aliphatic heterocycles. The fourth-order valence-electron chi connectivity index (χ4n) is 3.16. The first-order valence-electron chi connectivity index (χ1n) is 6.14. The second kappa shape index (κ2) is 5.19. The van der Waals surface area contributed by atoms with Gasteiger partial charge in [-0.25, -0.2) is 0 Å². The molecule has 2 rings (SSSR count). The molecule has 16 heavy (non-hydrogen) atoms. The van der Waals surface area contributed by atoms with Crippen LogP contribution in [-0.4, -0.2) is 7.05 Å². The second-order valence-electron chi connectivity index (χ2n) is 4.79. The van der Waals surface area contributed by atoms with Crippen molar-refractivity contribution < 1.29 is 0 Å². The summed E-state index contributed by atoms with van der Waals surface area (Å²) in [5, 5.41) is 3.55. The maximum absolute atomic E-state index is 3.57. The average Bonchev–Trinajstić information content (AvgIpc) is 2.90. The lowest BCUT2D eigenvalue weighted by molar-refractivity contribution is 0.198. The van der Waals surface area contributed by atoms with Crippen molar-refractivity contribution in [2.75, 3.05) is 7.05 Å². The molecular weight excluding hydrogens is 282 g/mol. The first kappa shape index (κ1) is 12.6. The van der Waals surface area contributed by atoms with E-state index in [0.717, 1.165) is 0 Å². The molecule has 1 aliphatic rings. The summed E-state index contributed by atoms with van der Waals surface area (Å²) in [7, 11) is 2.11. The van der Waals surface area contributed by atoms with Gasteiger partial charge in [-0.15, -0.1) is 11.3 Å². The molecule has 1 heterocycles. The third kappa shape index (κ3) is 2.22. The summed E-state index contributed by atoms with van der Waals surface area (Å²) < 4.78 is 1.24. The third-order valence-corrected chi connectivity index (χ3v) is 5.77. The van der Waals surface area contributed by atoms with Crippen molar-refractivity contribution in [2.24, 2.45) is 5.41 Å². The fraction of sp³-hybridized carbons (Fsp3) is 0.692. The van der Waals surface area contributed by atoms with Gasteiger partial charge in [-0.3, -0.25) is 0 Å². The standard InChI is InChI=1S/C13H20BrNS/c1-3-13(8-4-5-9-13)12(15-2)10-6-7-11(14)16-10/h6-7,12,15H,3-5,8-9H2,1-2H3. The minimum absolute atomic E-state index is 0.499. The van der Waals surface area contributed by atoms with E-state index >= 15 is 0 Å². The smallest absolute Gasteiger partial charge is 0.0701 e. The van der Waals surface area contributed by atoms with Crippen LogP contribution in [0.3, 0.4) is 0 Å². The summed E-state index contributed by atoms with van der Waals surface area (Å²) in [5.41, 5.74) is 0.499. The van der Waals surface area contributed by atoms with Crippen molar-refractivity contribution in [3.63, 3.8) is 0 Å². The van der Waals surface area contributed by atoms with Gasteiger partial charge in [0.1, 0.15) is 0 Å². The maximum atomic E-state index is 3.57. The zero-order chi connectivity index (χ0) is 11.6. The van der Waals surface area contributed by atoms with E-state index in [1.165, 1.54) is 40.8 Å². The number of halogens is 1. The molecule has 1 aromatic rings. The molecule has 1 fully saturated rings. The Bertz CT molecular complexity index is 341. The topological polar surface area (TPSA) is 12.0 Å². The van der Waals surface area contributed by atoms with Gasteiger partial charge in [0.15, 0.2) is 0 Å². The second-order valence-corrected chi connectivity index (χ2v) is 7.28. The summed E-state index contributed by atoms with van der Waals surface area (Å²) in [6.07, 6.45) is 6.85. The van der Waals surface area contributed by atoms with Crippen molar-refractivity contribution >= 4 is 27.3 Å². The fourth-order valence-corrected chi connectivity index (χ4v) is 4.84. The van der Waals surface area contributed by atoms with Crippen molar-refractivity contribution in [3.05, 3.63) is 20.8 Å². The van der Waals surface area contributed by atoms with Crippen molar-refractivity contribution in [1.82, 2.24) is 5.32 Å². The van der Waals surface area contributed by atoms with E-state index in [0.29, 0.717) is 11.5 Å². The van der Waals surface area contributed by atoms with E-state index < -0.39 is 0 Å². The largest absolute Gasteiger partial charge is 0.312 e. The van der Waals surface area contributed by atoms with Gasteiger partial charge in [-0.1, -0.05) is 19.8 Å². The molecule has 1 saturated carbocycles. The van der Waals surface area contributed by atoms with E-state index in [1.807, 2.05) is 11.3 Å². The minimum Gasteiger partial charge on any atom is -0.312 e. The maximum Gasteiger partial charge on any atom is 0.0701 e. The Morgan fingerprint density at radius 3 is 2.56 bits per heavy atom. The van der Waals surface area contributed by atoms with Gasteiger partial charge in [-0.05, 0) is 59.8 Å². The zero-order valence-corrected chi connectivity index (χ0v) is 12.5. The zero-order valence-electron chi connectivity index (χ0n) is 10.1. The van der Waals surface area contributed by atoms with Crippen LogP contribution in [0, 0.1) is 5.41 Å². The Balaban J connectivity index is 2.27. The van der Waals surface area contributed by atoms with Gasteiger partial charge in [0.25, 0.3) is 0 Å². The number of nitrogens with one attached hydrogen (secondary N) is 1. The quantitative estimate of drug-likeness (QED) is 0.847. The van der Waals surface area contributed by atoms with Crippen LogP contribution in [0.1, 0.15) is 49.9 Å². The molecule has 3 heteroatoms. The molecular formula is C13H20BrNS. The van der Waals surface area contributed by atoms with Crippen molar-refractivity contribution in [2.45, 2.75) is 45.1 Å². The molecule has 0 radical (unpaired) electrons. The molecule has 0 amide bonds. The van der Waals surface area contributed by atoms with Crippen LogP contribution in [-0.2, 0) is 0 Å². The van der Waals surface area contributed by atoms with Gasteiger partial charge in [0.05, 0.1) is 3.79 Å². The lowest BCUT2D eigenvalue weighted by Crippen LogP contribution is -2.33. The summed E-state index contributed by atoms with van der Waals surface area (Å²) in [5.74, 6) is 0. The number of hydrogen-bond acceptors (Lipinski definition) is 2. The Hall–Kier alpha value is 0.140. The first-order chi connectivity index (χ1) is 7.72. The van der Waals surface area contributed by atoms with Gasteiger partial charge in [0, 0.05) is 10.9 Å². The predicted octanol–water partition coefficient (Wildman–Crippen LogP) is 4.74. The Kier molecular flexibility index (Phi) is 4.09. The van der Waals surface area contributed by atoms with Crippen LogP contribution in [0.2, 0.25) is 0 Å². The molecule has 1 aromatic heterocycles. The highest BCUT2D eigenvalue weighted by molar-refractivity contribution is 9.11. The molecule has 0 bridgehead atoms. The number of rotatable bonds is 4. The molecule has 90 valence electrons. The van der Waals surface area contributed by atoms with Crippen LogP contribution in [0.4, 0.5) is 0 Å². The summed E-state index contributed by atoms with van der Waals surface area (Å²) in [6, 6.07) is 4.98. The summed E-state index contributed by atoms with van der Waals surface area (Å²) >= 11 is 5.44. The Labute approximate surface area is 111 Å². The van der Waals surface area contributed by atoms with Gasteiger partial charge in [-0.2, -0.15) is 0 Å². The highest BCUT2D eigenvalue weighted by atomic mass is 79.9. The summed E-state index contributed by atoms with van der Waals surface area (Å²) in [4.78, 5) is 1.48. The lowest BCUT2D eigenvalue weighted by atomic mass is 9.75. The predicted molar refractivity (Wildman–Crippen MR) is 75.0 cm³/mol. The van der Waals surface area contributed by atoms with Gasteiger partial charge >= 0.3 is 0 Å². The minimum atomic E-state index is 0.499. The molecule has 1 nitrogen and oxygen atoms in total. The van der Waals surface area contributed by atoms with Crippen LogP contribution in [0.15, 0.2) is 15.9 Å². The Morgan fingerprint density at radius 2 is 2.12 bits per heavy atom. The average molecular weight is 302 g/mol. The number of hydrogen-bond donors (Lipinski definition) is 1. The summed E-state index contributed by atoms with van der Waals surface area (Å²) in [6.45, 7) is 2.35. The number of thiophene rings is 1. The van der Waals surface area contributed by atoms with E-state index in [2.05, 4.69) is 47.4 Å². The third-order valence-electron chi connectivity index (χ3n) is 4.08. The monoisotopic (exact) mass is 301 g/mol. The Morgan fingerprint density at radius 1 is 1.44 bits per heavy atom. The van der Waals surface area contributed by atoms with Gasteiger partial charge < -0.3 is 5.32 Å². The van der Waals surface area contributed by atoms with E-state index in [-0.39, 0.29) is 0 Å². The van der Waals surface area contributed by atoms with Crippen molar-refractivity contribution in [3.8, 4) is 0 Å². The van der Waals surface area contributed by atoms with Crippen molar-refractivity contribution in [1.29, 1.82) is 0 Å². The first-order valence-corrected chi connectivity index (χ1v) is 7.75. The molecule has 1 unspecified atom stereocenters. The molecule has 0 saturated heterocycles. The molecule has 1 N–H and O–H groups in total. The highest BCUT2D eigenvalue weighted by Gasteiger charge is 2.40. The van der Waals surface area contributed by atoms with Gasteiger partial charge in [0.2, 0.25) is 0 Å². The molecule has 1 atom stereocenters. The van der Waals surface area contributed by atoms with E-state index in [1.54, 1.807) is 0 Å². The molecule has 0 spiro atoms. The van der Waals surface area contributed by atoms with Crippen LogP contribution >= 0.6 is 27.3 Å². The van der Waals surface area contributed by atoms with Crippen LogP contribution in [0.25, 0.3) is 0 Å². The van der Waals surface area contributed by atoms with E-state index in [4.69, 9.17) is 0 Å². The molecule has 1 aliphatic carbocycles. The lowest BCUT2D eigenvalue weighted by Gasteiger charge is -2.36. The van der Waals surface area contributed by atoms with E-state index in [9.17, 15) is 0 Å². The van der Waals surface area contributed by atoms with Crippen LogP contribution in [0.5, 0.6) is 0 Å². The normalized spacial score (nSPS) is 21.2.